The fraction of sp³-hybridized carbons (Fsp3) is 0. The van der Waals surface area contributed by atoms with E-state index in [0.29, 0.717) is 23.4 Å². The number of para-hydroxylation sites is 3. The van der Waals surface area contributed by atoms with E-state index in [0.717, 1.165) is 55.5 Å². The summed E-state index contributed by atoms with van der Waals surface area (Å²) in [7, 11) is 0. The van der Waals surface area contributed by atoms with Gasteiger partial charge in [-0.15, -0.1) is 11.3 Å². The molecule has 0 unspecified atom stereocenters. The third kappa shape index (κ3) is 4.93. The summed E-state index contributed by atoms with van der Waals surface area (Å²) in [4.78, 5) is 19.9. The zero-order valence-corrected chi connectivity index (χ0v) is 29.0. The molecule has 0 saturated heterocycles. The maximum atomic E-state index is 6.17. The fourth-order valence-electron chi connectivity index (χ4n) is 7.35. The highest BCUT2D eigenvalue weighted by Crippen LogP contribution is 2.38. The highest BCUT2D eigenvalue weighted by Gasteiger charge is 2.17. The van der Waals surface area contributed by atoms with Gasteiger partial charge in [0.1, 0.15) is 5.52 Å². The van der Waals surface area contributed by atoms with Gasteiger partial charge in [0.2, 0.25) is 5.89 Å². The predicted octanol–water partition coefficient (Wildman–Crippen LogP) is 12.1. The van der Waals surface area contributed by atoms with Gasteiger partial charge in [0.05, 0.1) is 11.0 Å². The van der Waals surface area contributed by atoms with E-state index in [1.165, 1.54) is 25.6 Å². The van der Waals surface area contributed by atoms with E-state index < -0.39 is 0 Å². The van der Waals surface area contributed by atoms with Crippen LogP contribution in [0.25, 0.3) is 104 Å². The molecule has 0 aliphatic carbocycles. The van der Waals surface area contributed by atoms with Gasteiger partial charge >= 0.3 is 0 Å². The lowest BCUT2D eigenvalue weighted by Gasteiger charge is -2.11. The number of hydrogen-bond donors (Lipinski definition) is 0. The monoisotopic (exact) mass is 697 g/mol. The molecule has 0 atom stereocenters. The van der Waals surface area contributed by atoms with E-state index in [2.05, 4.69) is 114 Å². The second-order valence-electron chi connectivity index (χ2n) is 13.1. The summed E-state index contributed by atoms with van der Waals surface area (Å²) in [6, 6.07) is 56.5. The molecular formula is C46H27N5OS. The maximum absolute atomic E-state index is 6.17. The van der Waals surface area contributed by atoms with Crippen LogP contribution in [0.4, 0.5) is 0 Å². The minimum atomic E-state index is 0.603. The van der Waals surface area contributed by atoms with Crippen LogP contribution in [-0.2, 0) is 0 Å². The Balaban J connectivity index is 1.04. The largest absolute Gasteiger partial charge is 0.436 e. The number of hydrogen-bond acceptors (Lipinski definition) is 6. The molecule has 53 heavy (non-hydrogen) atoms. The van der Waals surface area contributed by atoms with E-state index in [1.54, 1.807) is 11.3 Å². The van der Waals surface area contributed by atoms with Crippen molar-refractivity contribution in [3.05, 3.63) is 164 Å². The van der Waals surface area contributed by atoms with Gasteiger partial charge in [-0.25, -0.2) is 19.9 Å². The molecule has 6 nitrogen and oxygen atoms in total. The zero-order chi connectivity index (χ0) is 34.9. The van der Waals surface area contributed by atoms with Crippen LogP contribution in [0.15, 0.2) is 168 Å². The average molecular weight is 698 g/mol. The van der Waals surface area contributed by atoms with Crippen molar-refractivity contribution in [1.29, 1.82) is 0 Å². The van der Waals surface area contributed by atoms with Gasteiger partial charge in [-0.3, -0.25) is 0 Å². The molecule has 0 fully saturated rings. The molecule has 7 aromatic carbocycles. The average Bonchev–Trinajstić information content (AvgIpc) is 3.92. The van der Waals surface area contributed by atoms with Crippen molar-refractivity contribution in [1.82, 2.24) is 24.5 Å². The first-order valence-corrected chi connectivity index (χ1v) is 18.3. The summed E-state index contributed by atoms with van der Waals surface area (Å²) in [5, 5.41) is 4.80. The SMILES string of the molecule is c1ccc(-c2nc(-c3ccc(-n4c5ccccc5c5ccc(-c6nc7ccccc7o6)cc54)cc3)nc(-c3ccc4sc5ccccc5c4c3)n2)cc1. The quantitative estimate of drug-likeness (QED) is 0.179. The Bertz CT molecular complexity index is 3140. The number of fused-ring (bicyclic) bond motifs is 7. The van der Waals surface area contributed by atoms with Crippen LogP contribution in [0.3, 0.4) is 0 Å². The Morgan fingerprint density at radius 3 is 1.87 bits per heavy atom. The van der Waals surface area contributed by atoms with Gasteiger partial charge in [0.15, 0.2) is 23.1 Å². The van der Waals surface area contributed by atoms with E-state index in [9.17, 15) is 0 Å². The lowest BCUT2D eigenvalue weighted by Crippen LogP contribution is -2.00. The van der Waals surface area contributed by atoms with Crippen molar-refractivity contribution >= 4 is 64.4 Å². The summed E-state index contributed by atoms with van der Waals surface area (Å²) < 4.78 is 11.0. The van der Waals surface area contributed by atoms with Gasteiger partial charge in [-0.2, -0.15) is 0 Å². The summed E-state index contributed by atoms with van der Waals surface area (Å²) in [6.07, 6.45) is 0. The lowest BCUT2D eigenvalue weighted by atomic mass is 10.1. The van der Waals surface area contributed by atoms with E-state index in [-0.39, 0.29) is 0 Å². The van der Waals surface area contributed by atoms with Crippen LogP contribution in [0.5, 0.6) is 0 Å². The van der Waals surface area contributed by atoms with Crippen LogP contribution in [0.2, 0.25) is 0 Å². The van der Waals surface area contributed by atoms with Crippen LogP contribution in [0.1, 0.15) is 0 Å². The summed E-state index contributed by atoms with van der Waals surface area (Å²) in [5.41, 5.74) is 8.57. The molecule has 0 N–H and O–H groups in total. The molecule has 11 rings (SSSR count). The topological polar surface area (TPSA) is 69.6 Å². The number of aromatic nitrogens is 5. The van der Waals surface area contributed by atoms with Gasteiger partial charge in [-0.1, -0.05) is 84.9 Å². The molecule has 0 spiro atoms. The molecule has 248 valence electrons. The molecular weight excluding hydrogens is 671 g/mol. The number of nitrogens with zero attached hydrogens (tertiary/aromatic N) is 5. The van der Waals surface area contributed by atoms with Crippen molar-refractivity contribution in [2.45, 2.75) is 0 Å². The first-order chi connectivity index (χ1) is 26.2. The van der Waals surface area contributed by atoms with Crippen LogP contribution in [0, 0.1) is 0 Å². The molecule has 0 aliphatic rings. The molecule has 7 heteroatoms. The molecule has 0 saturated carbocycles. The highest BCUT2D eigenvalue weighted by molar-refractivity contribution is 7.25. The second kappa shape index (κ2) is 11.8. The molecule has 11 aromatic rings. The minimum Gasteiger partial charge on any atom is -0.436 e. The van der Waals surface area contributed by atoms with Crippen molar-refractivity contribution in [2.75, 3.05) is 0 Å². The number of rotatable bonds is 5. The number of oxazole rings is 1. The predicted molar refractivity (Wildman–Crippen MR) is 216 cm³/mol. The molecule has 4 aromatic heterocycles. The Morgan fingerprint density at radius 1 is 0.415 bits per heavy atom. The molecule has 0 radical (unpaired) electrons. The third-order valence-corrected chi connectivity index (χ3v) is 11.1. The van der Waals surface area contributed by atoms with Gasteiger partial charge in [0, 0.05) is 58.9 Å². The van der Waals surface area contributed by atoms with Crippen LogP contribution in [-0.4, -0.2) is 24.5 Å². The molecule has 4 heterocycles. The Kier molecular flexibility index (Phi) is 6.62. The fourth-order valence-corrected chi connectivity index (χ4v) is 8.44. The van der Waals surface area contributed by atoms with E-state index >= 15 is 0 Å². The first kappa shape index (κ1) is 29.7. The Morgan fingerprint density at radius 2 is 1.04 bits per heavy atom. The smallest absolute Gasteiger partial charge is 0.227 e. The van der Waals surface area contributed by atoms with E-state index in [1.807, 2.05) is 54.6 Å². The molecule has 0 aliphatic heterocycles. The van der Waals surface area contributed by atoms with E-state index in [4.69, 9.17) is 24.4 Å². The normalized spacial score (nSPS) is 11.8. The molecule has 0 amide bonds. The summed E-state index contributed by atoms with van der Waals surface area (Å²) in [5.74, 6) is 2.51. The highest BCUT2D eigenvalue weighted by atomic mass is 32.1. The van der Waals surface area contributed by atoms with Crippen molar-refractivity contribution in [3.63, 3.8) is 0 Å². The summed E-state index contributed by atoms with van der Waals surface area (Å²) in [6.45, 7) is 0. The van der Waals surface area contributed by atoms with Crippen LogP contribution < -0.4 is 0 Å². The third-order valence-electron chi connectivity index (χ3n) is 9.90. The van der Waals surface area contributed by atoms with Gasteiger partial charge in [-0.05, 0) is 78.9 Å². The zero-order valence-electron chi connectivity index (χ0n) is 28.1. The van der Waals surface area contributed by atoms with Gasteiger partial charge in [0.25, 0.3) is 0 Å². The first-order valence-electron chi connectivity index (χ1n) is 17.5. The van der Waals surface area contributed by atoms with Crippen molar-refractivity contribution in [3.8, 4) is 51.3 Å². The van der Waals surface area contributed by atoms with Crippen molar-refractivity contribution in [2.24, 2.45) is 0 Å². The summed E-state index contributed by atoms with van der Waals surface area (Å²) >= 11 is 1.80. The Hall–Kier alpha value is -6.96. The van der Waals surface area contributed by atoms with Gasteiger partial charge < -0.3 is 8.98 Å². The minimum absolute atomic E-state index is 0.603. The number of benzene rings is 7. The Labute approximate surface area is 307 Å². The van der Waals surface area contributed by atoms with Crippen molar-refractivity contribution < 1.29 is 4.42 Å². The maximum Gasteiger partial charge on any atom is 0.227 e. The molecule has 0 bridgehead atoms. The second-order valence-corrected chi connectivity index (χ2v) is 14.2. The number of thiophene rings is 1. The lowest BCUT2D eigenvalue weighted by molar-refractivity contribution is 0.620. The standard InChI is InChI=1S/C46H27N5OS/c1-2-10-28(11-3-1)43-48-44(50-45(49-43)30-21-25-42-36(26-30)35-13-5-9-17-41(35)53-42)29-18-22-32(23-19-29)51-38-15-7-4-12-33(38)34-24-20-31(27-39(34)51)46-47-37-14-6-8-16-40(37)52-46/h1-27H. The van der Waals surface area contributed by atoms with Crippen LogP contribution >= 0.6 is 11.3 Å².